The van der Waals surface area contributed by atoms with E-state index in [1.165, 1.54) is 44.9 Å². The minimum absolute atomic E-state index is 0.0194. The fraction of sp³-hybridized carbons (Fsp3) is 1.00. The highest BCUT2D eigenvalue weighted by Crippen LogP contribution is 2.15. The first-order valence-corrected chi connectivity index (χ1v) is 7.69. The number of nitrogens with two attached hydrogens (primary N) is 1. The summed E-state index contributed by atoms with van der Waals surface area (Å²) in [5.41, 5.74) is 5.36. The topological polar surface area (TPSA) is 66.5 Å². The van der Waals surface area contributed by atoms with Crippen LogP contribution >= 0.6 is 0 Å². The number of hydrogen-bond donors (Lipinski definition) is 3. The standard InChI is InChI=1S/C15H33NO2/c1-3-4-5-6-7-8-9-10-11-14(17)12-13(2)15(16)18/h13-15,17-18H,3-12,16H2,1-2H3. The van der Waals surface area contributed by atoms with Crippen LogP contribution in [0.15, 0.2) is 0 Å². The lowest BCUT2D eigenvalue weighted by Crippen LogP contribution is -2.30. The third kappa shape index (κ3) is 11.0. The molecule has 0 saturated carbocycles. The molecule has 3 atom stereocenters. The third-order valence-corrected chi connectivity index (χ3v) is 3.62. The second-order valence-corrected chi connectivity index (χ2v) is 5.62. The third-order valence-electron chi connectivity index (χ3n) is 3.62. The molecular weight excluding hydrogens is 226 g/mol. The van der Waals surface area contributed by atoms with Gasteiger partial charge in [-0.2, -0.15) is 0 Å². The van der Waals surface area contributed by atoms with E-state index in [4.69, 9.17) is 10.8 Å². The van der Waals surface area contributed by atoms with Crippen LogP contribution in [0.4, 0.5) is 0 Å². The van der Waals surface area contributed by atoms with Crippen molar-refractivity contribution in [3.8, 4) is 0 Å². The Morgan fingerprint density at radius 1 is 0.889 bits per heavy atom. The summed E-state index contributed by atoms with van der Waals surface area (Å²) < 4.78 is 0. The van der Waals surface area contributed by atoms with Crippen LogP contribution in [0, 0.1) is 5.92 Å². The zero-order chi connectivity index (χ0) is 13.8. The first kappa shape index (κ1) is 17.9. The maximum atomic E-state index is 9.77. The van der Waals surface area contributed by atoms with Crippen LogP contribution in [0.5, 0.6) is 0 Å². The molecule has 0 rings (SSSR count). The number of aliphatic hydroxyl groups is 2. The zero-order valence-electron chi connectivity index (χ0n) is 12.3. The van der Waals surface area contributed by atoms with Crippen LogP contribution in [0.2, 0.25) is 0 Å². The predicted octanol–water partition coefficient (Wildman–Crippen LogP) is 3.18. The van der Waals surface area contributed by atoms with Crippen molar-refractivity contribution in [1.29, 1.82) is 0 Å². The lowest BCUT2D eigenvalue weighted by atomic mass is 9.98. The number of rotatable bonds is 12. The van der Waals surface area contributed by atoms with Gasteiger partial charge in [-0.25, -0.2) is 0 Å². The highest BCUT2D eigenvalue weighted by Gasteiger charge is 2.14. The van der Waals surface area contributed by atoms with Gasteiger partial charge in [0, 0.05) is 0 Å². The largest absolute Gasteiger partial charge is 0.393 e. The average Bonchev–Trinajstić information content (AvgIpc) is 2.32. The van der Waals surface area contributed by atoms with Gasteiger partial charge in [0.15, 0.2) is 0 Å². The van der Waals surface area contributed by atoms with Gasteiger partial charge >= 0.3 is 0 Å². The molecule has 3 heteroatoms. The van der Waals surface area contributed by atoms with Crippen LogP contribution in [0.1, 0.15) is 78.1 Å². The van der Waals surface area contributed by atoms with Crippen molar-refractivity contribution in [2.75, 3.05) is 0 Å². The van der Waals surface area contributed by atoms with Gasteiger partial charge in [-0.05, 0) is 18.8 Å². The Morgan fingerprint density at radius 2 is 1.39 bits per heavy atom. The van der Waals surface area contributed by atoms with E-state index in [-0.39, 0.29) is 12.0 Å². The van der Waals surface area contributed by atoms with Gasteiger partial charge in [-0.3, -0.25) is 0 Å². The van der Waals surface area contributed by atoms with Crippen molar-refractivity contribution in [3.63, 3.8) is 0 Å². The molecule has 110 valence electrons. The molecule has 0 aromatic carbocycles. The van der Waals surface area contributed by atoms with Gasteiger partial charge < -0.3 is 15.9 Å². The van der Waals surface area contributed by atoms with E-state index in [0.717, 1.165) is 12.8 Å². The Hall–Kier alpha value is -0.120. The van der Waals surface area contributed by atoms with Gasteiger partial charge in [0.25, 0.3) is 0 Å². The summed E-state index contributed by atoms with van der Waals surface area (Å²) in [6.07, 6.45) is 10.6. The Morgan fingerprint density at radius 3 is 1.89 bits per heavy atom. The summed E-state index contributed by atoms with van der Waals surface area (Å²) in [5, 5.41) is 18.9. The summed E-state index contributed by atoms with van der Waals surface area (Å²) in [4.78, 5) is 0. The molecule has 0 aromatic heterocycles. The van der Waals surface area contributed by atoms with Crippen molar-refractivity contribution >= 4 is 0 Å². The highest BCUT2D eigenvalue weighted by atomic mass is 16.3. The first-order chi connectivity index (χ1) is 8.57. The lowest BCUT2D eigenvalue weighted by Gasteiger charge is -2.18. The van der Waals surface area contributed by atoms with Crippen molar-refractivity contribution in [2.24, 2.45) is 11.7 Å². The minimum Gasteiger partial charge on any atom is -0.393 e. The molecule has 0 amide bonds. The molecule has 0 aromatic rings. The molecule has 0 aliphatic rings. The Kier molecular flexibility index (Phi) is 11.9. The monoisotopic (exact) mass is 259 g/mol. The molecule has 3 unspecified atom stereocenters. The molecule has 0 radical (unpaired) electrons. The van der Waals surface area contributed by atoms with Crippen molar-refractivity contribution in [2.45, 2.75) is 90.4 Å². The van der Waals surface area contributed by atoms with Crippen LogP contribution in [0.25, 0.3) is 0 Å². The summed E-state index contributed by atoms with van der Waals surface area (Å²) >= 11 is 0. The van der Waals surface area contributed by atoms with Gasteiger partial charge in [-0.15, -0.1) is 0 Å². The molecule has 0 bridgehead atoms. The van der Waals surface area contributed by atoms with E-state index in [2.05, 4.69) is 6.92 Å². The summed E-state index contributed by atoms with van der Waals surface area (Å²) in [5.74, 6) is -0.0194. The summed E-state index contributed by atoms with van der Waals surface area (Å²) in [7, 11) is 0. The zero-order valence-corrected chi connectivity index (χ0v) is 12.3. The normalized spacial score (nSPS) is 16.5. The Balaban J connectivity index is 3.27. The van der Waals surface area contributed by atoms with Crippen LogP contribution < -0.4 is 5.73 Å². The first-order valence-electron chi connectivity index (χ1n) is 7.69. The molecule has 3 nitrogen and oxygen atoms in total. The fourth-order valence-corrected chi connectivity index (χ4v) is 2.20. The summed E-state index contributed by atoms with van der Waals surface area (Å²) in [6.45, 7) is 4.11. The quantitative estimate of drug-likeness (QED) is 0.372. The maximum absolute atomic E-state index is 9.77. The van der Waals surface area contributed by atoms with Gasteiger partial charge in [0.1, 0.15) is 6.23 Å². The van der Waals surface area contributed by atoms with Crippen molar-refractivity contribution in [3.05, 3.63) is 0 Å². The second kappa shape index (κ2) is 11.9. The highest BCUT2D eigenvalue weighted by molar-refractivity contribution is 4.65. The SMILES string of the molecule is CCCCCCCCCCC(O)CC(C)C(N)O. The molecule has 4 N–H and O–H groups in total. The van der Waals surface area contributed by atoms with E-state index in [1.807, 2.05) is 6.92 Å². The van der Waals surface area contributed by atoms with E-state index in [0.29, 0.717) is 6.42 Å². The average molecular weight is 259 g/mol. The van der Waals surface area contributed by atoms with Crippen LogP contribution in [-0.4, -0.2) is 22.5 Å². The van der Waals surface area contributed by atoms with E-state index in [9.17, 15) is 5.11 Å². The van der Waals surface area contributed by atoms with Gasteiger partial charge in [-0.1, -0.05) is 65.2 Å². The molecule has 0 aliphatic heterocycles. The molecule has 0 fully saturated rings. The Labute approximate surface area is 113 Å². The summed E-state index contributed by atoms with van der Waals surface area (Å²) in [6, 6.07) is 0. The van der Waals surface area contributed by atoms with E-state index < -0.39 is 6.23 Å². The molecule has 18 heavy (non-hydrogen) atoms. The van der Waals surface area contributed by atoms with E-state index >= 15 is 0 Å². The molecule has 0 saturated heterocycles. The van der Waals surface area contributed by atoms with Gasteiger partial charge in [0.2, 0.25) is 0 Å². The molecule has 0 heterocycles. The van der Waals surface area contributed by atoms with Crippen LogP contribution in [0.3, 0.4) is 0 Å². The second-order valence-electron chi connectivity index (χ2n) is 5.62. The van der Waals surface area contributed by atoms with Crippen molar-refractivity contribution in [1.82, 2.24) is 0 Å². The maximum Gasteiger partial charge on any atom is 0.105 e. The van der Waals surface area contributed by atoms with Gasteiger partial charge in [0.05, 0.1) is 6.10 Å². The fourth-order valence-electron chi connectivity index (χ4n) is 2.20. The smallest absolute Gasteiger partial charge is 0.105 e. The number of hydrogen-bond acceptors (Lipinski definition) is 3. The molecule has 0 spiro atoms. The predicted molar refractivity (Wildman–Crippen MR) is 77.2 cm³/mol. The van der Waals surface area contributed by atoms with Crippen molar-refractivity contribution < 1.29 is 10.2 Å². The number of unbranched alkanes of at least 4 members (excludes halogenated alkanes) is 7. The van der Waals surface area contributed by atoms with Crippen LogP contribution in [-0.2, 0) is 0 Å². The molecular formula is C15H33NO2. The minimum atomic E-state index is -0.807. The van der Waals surface area contributed by atoms with E-state index in [1.54, 1.807) is 0 Å². The lowest BCUT2D eigenvalue weighted by molar-refractivity contribution is 0.0684. The number of aliphatic hydroxyl groups excluding tert-OH is 2. The molecule has 0 aliphatic carbocycles. The Bertz CT molecular complexity index is 174.